The van der Waals surface area contributed by atoms with E-state index >= 15 is 0 Å². The number of hydrogen-bond acceptors (Lipinski definition) is 6. The lowest BCUT2D eigenvalue weighted by Crippen LogP contribution is -2.36. The van der Waals surface area contributed by atoms with Gasteiger partial charge in [-0.05, 0) is 24.1 Å². The SMILES string of the molecule is CCc1nnc(NCc2ccc(N3CCOCC3)cc2)s1. The van der Waals surface area contributed by atoms with E-state index in [1.165, 1.54) is 11.3 Å². The summed E-state index contributed by atoms with van der Waals surface area (Å²) in [5.74, 6) is 0. The van der Waals surface area contributed by atoms with Gasteiger partial charge in [-0.2, -0.15) is 0 Å². The highest BCUT2D eigenvalue weighted by Crippen LogP contribution is 2.19. The van der Waals surface area contributed by atoms with Gasteiger partial charge in [-0.3, -0.25) is 0 Å². The highest BCUT2D eigenvalue weighted by molar-refractivity contribution is 7.15. The Bertz CT molecular complexity index is 563. The molecule has 0 spiro atoms. The van der Waals surface area contributed by atoms with Crippen LogP contribution in [-0.4, -0.2) is 36.5 Å². The van der Waals surface area contributed by atoms with Gasteiger partial charge in [-0.1, -0.05) is 30.4 Å². The Hall–Kier alpha value is -1.66. The number of rotatable bonds is 5. The minimum atomic E-state index is 0.780. The number of morpholine rings is 1. The van der Waals surface area contributed by atoms with Crippen LogP contribution >= 0.6 is 11.3 Å². The van der Waals surface area contributed by atoms with E-state index in [2.05, 4.69) is 51.6 Å². The minimum Gasteiger partial charge on any atom is -0.378 e. The van der Waals surface area contributed by atoms with Crippen molar-refractivity contribution in [2.24, 2.45) is 0 Å². The number of ether oxygens (including phenoxy) is 1. The highest BCUT2D eigenvalue weighted by atomic mass is 32.1. The fourth-order valence-corrected chi connectivity index (χ4v) is 2.97. The summed E-state index contributed by atoms with van der Waals surface area (Å²) in [6.45, 7) is 6.46. The topological polar surface area (TPSA) is 50.3 Å². The quantitative estimate of drug-likeness (QED) is 0.920. The first-order chi connectivity index (χ1) is 10.3. The monoisotopic (exact) mass is 304 g/mol. The van der Waals surface area contributed by atoms with Crippen LogP contribution in [0.3, 0.4) is 0 Å². The predicted octanol–water partition coefficient (Wildman–Crippen LogP) is 2.55. The molecular formula is C15H20N4OS. The van der Waals surface area contributed by atoms with Crippen molar-refractivity contribution in [2.75, 3.05) is 36.5 Å². The molecule has 2 aromatic rings. The van der Waals surface area contributed by atoms with Crippen molar-refractivity contribution in [1.29, 1.82) is 0 Å². The van der Waals surface area contributed by atoms with E-state index in [-0.39, 0.29) is 0 Å². The summed E-state index contributed by atoms with van der Waals surface area (Å²) in [5.41, 5.74) is 2.52. The molecule has 1 aliphatic heterocycles. The first-order valence-corrected chi connectivity index (χ1v) is 8.14. The second-order valence-corrected chi connectivity index (χ2v) is 6.04. The zero-order chi connectivity index (χ0) is 14.5. The molecule has 0 bridgehead atoms. The van der Waals surface area contributed by atoms with Crippen LogP contribution in [0, 0.1) is 0 Å². The third-order valence-electron chi connectivity index (χ3n) is 3.53. The highest BCUT2D eigenvalue weighted by Gasteiger charge is 2.10. The Balaban J connectivity index is 1.56. The van der Waals surface area contributed by atoms with Gasteiger partial charge < -0.3 is 15.0 Å². The number of nitrogens with one attached hydrogen (secondary N) is 1. The fourth-order valence-electron chi connectivity index (χ4n) is 2.29. The van der Waals surface area contributed by atoms with E-state index in [1.807, 2.05) is 0 Å². The van der Waals surface area contributed by atoms with Crippen LogP contribution < -0.4 is 10.2 Å². The summed E-state index contributed by atoms with van der Waals surface area (Å²) in [6.07, 6.45) is 0.938. The van der Waals surface area contributed by atoms with Crippen LogP contribution in [0.25, 0.3) is 0 Å². The third-order valence-corrected chi connectivity index (χ3v) is 4.55. The lowest BCUT2D eigenvalue weighted by Gasteiger charge is -2.28. The van der Waals surface area contributed by atoms with Gasteiger partial charge in [0, 0.05) is 25.3 Å². The molecule has 5 nitrogen and oxygen atoms in total. The van der Waals surface area contributed by atoms with Gasteiger partial charge in [0.2, 0.25) is 5.13 Å². The third kappa shape index (κ3) is 3.71. The average molecular weight is 304 g/mol. The Kier molecular flexibility index (Phi) is 4.67. The van der Waals surface area contributed by atoms with E-state index in [0.29, 0.717) is 0 Å². The second kappa shape index (κ2) is 6.87. The predicted molar refractivity (Wildman–Crippen MR) is 86.1 cm³/mol. The van der Waals surface area contributed by atoms with E-state index in [1.54, 1.807) is 11.3 Å². The Morgan fingerprint density at radius 3 is 2.62 bits per heavy atom. The number of hydrogen-bond donors (Lipinski definition) is 1. The Morgan fingerprint density at radius 1 is 1.19 bits per heavy atom. The normalized spacial score (nSPS) is 15.2. The van der Waals surface area contributed by atoms with Crippen LogP contribution in [-0.2, 0) is 17.7 Å². The van der Waals surface area contributed by atoms with Crippen LogP contribution in [0.2, 0.25) is 0 Å². The lowest BCUT2D eigenvalue weighted by atomic mass is 10.2. The van der Waals surface area contributed by atoms with Crippen molar-refractivity contribution in [1.82, 2.24) is 10.2 Å². The van der Waals surface area contributed by atoms with Crippen LogP contribution in [0.1, 0.15) is 17.5 Å². The van der Waals surface area contributed by atoms with E-state index in [4.69, 9.17) is 4.74 Å². The molecule has 21 heavy (non-hydrogen) atoms. The molecule has 6 heteroatoms. The molecule has 1 fully saturated rings. The van der Waals surface area contributed by atoms with E-state index < -0.39 is 0 Å². The lowest BCUT2D eigenvalue weighted by molar-refractivity contribution is 0.122. The van der Waals surface area contributed by atoms with Crippen molar-refractivity contribution in [2.45, 2.75) is 19.9 Å². The average Bonchev–Trinajstić information content (AvgIpc) is 3.02. The number of aryl methyl sites for hydroxylation is 1. The summed E-state index contributed by atoms with van der Waals surface area (Å²) in [6, 6.07) is 8.69. The fraction of sp³-hybridized carbons (Fsp3) is 0.467. The van der Waals surface area contributed by atoms with Crippen molar-refractivity contribution in [3.05, 3.63) is 34.8 Å². The zero-order valence-electron chi connectivity index (χ0n) is 12.2. The molecule has 112 valence electrons. The molecule has 0 amide bonds. The van der Waals surface area contributed by atoms with Gasteiger partial charge in [0.25, 0.3) is 0 Å². The van der Waals surface area contributed by atoms with Crippen molar-refractivity contribution >= 4 is 22.2 Å². The van der Waals surface area contributed by atoms with Crippen LogP contribution in [0.4, 0.5) is 10.8 Å². The molecule has 0 saturated carbocycles. The standard InChI is InChI=1S/C15H20N4OS/c1-2-14-17-18-15(21-14)16-11-12-3-5-13(6-4-12)19-7-9-20-10-8-19/h3-6H,2,7-11H2,1H3,(H,16,18). The number of anilines is 2. The molecule has 1 saturated heterocycles. The maximum atomic E-state index is 5.38. The Morgan fingerprint density at radius 2 is 1.95 bits per heavy atom. The first-order valence-electron chi connectivity index (χ1n) is 7.33. The molecule has 2 heterocycles. The number of benzene rings is 1. The van der Waals surface area contributed by atoms with Gasteiger partial charge >= 0.3 is 0 Å². The molecule has 0 radical (unpaired) electrons. The van der Waals surface area contributed by atoms with Gasteiger partial charge in [0.05, 0.1) is 13.2 Å². The van der Waals surface area contributed by atoms with Crippen molar-refractivity contribution in [3.63, 3.8) is 0 Å². The second-order valence-electron chi connectivity index (χ2n) is 4.97. The number of nitrogens with zero attached hydrogens (tertiary/aromatic N) is 3. The van der Waals surface area contributed by atoms with Gasteiger partial charge in [-0.15, -0.1) is 10.2 Å². The summed E-state index contributed by atoms with van der Waals surface area (Å²) >= 11 is 1.62. The molecule has 0 unspecified atom stereocenters. The number of aromatic nitrogens is 2. The summed E-state index contributed by atoms with van der Waals surface area (Å²) in [7, 11) is 0. The smallest absolute Gasteiger partial charge is 0.205 e. The maximum absolute atomic E-state index is 5.38. The van der Waals surface area contributed by atoms with E-state index in [0.717, 1.165) is 49.4 Å². The van der Waals surface area contributed by atoms with Crippen LogP contribution in [0.5, 0.6) is 0 Å². The van der Waals surface area contributed by atoms with Gasteiger partial charge in [0.1, 0.15) is 5.01 Å². The molecule has 1 N–H and O–H groups in total. The van der Waals surface area contributed by atoms with Crippen molar-refractivity contribution in [3.8, 4) is 0 Å². The molecule has 0 aliphatic carbocycles. The molecule has 1 aromatic carbocycles. The van der Waals surface area contributed by atoms with Crippen LogP contribution in [0.15, 0.2) is 24.3 Å². The van der Waals surface area contributed by atoms with Crippen molar-refractivity contribution < 1.29 is 4.74 Å². The molecule has 1 aromatic heterocycles. The summed E-state index contributed by atoms with van der Waals surface area (Å²) < 4.78 is 5.38. The Labute approximate surface area is 129 Å². The zero-order valence-corrected chi connectivity index (χ0v) is 13.0. The maximum Gasteiger partial charge on any atom is 0.205 e. The first kappa shape index (κ1) is 14.3. The molecule has 3 rings (SSSR count). The molecule has 0 atom stereocenters. The molecular weight excluding hydrogens is 284 g/mol. The summed E-state index contributed by atoms with van der Waals surface area (Å²) in [5, 5.41) is 13.5. The van der Waals surface area contributed by atoms with Gasteiger partial charge in [0.15, 0.2) is 0 Å². The minimum absolute atomic E-state index is 0.780. The van der Waals surface area contributed by atoms with E-state index in [9.17, 15) is 0 Å². The van der Waals surface area contributed by atoms with Gasteiger partial charge in [-0.25, -0.2) is 0 Å². The summed E-state index contributed by atoms with van der Waals surface area (Å²) in [4.78, 5) is 2.36. The largest absolute Gasteiger partial charge is 0.378 e. The molecule has 1 aliphatic rings.